The van der Waals surface area contributed by atoms with Crippen molar-refractivity contribution in [3.63, 3.8) is 0 Å². The van der Waals surface area contributed by atoms with Gasteiger partial charge < -0.3 is 14.0 Å². The third-order valence-corrected chi connectivity index (χ3v) is 5.08. The lowest BCUT2D eigenvalue weighted by molar-refractivity contribution is 0.0356. The zero-order chi connectivity index (χ0) is 15.9. The fourth-order valence-electron chi connectivity index (χ4n) is 3.98. The van der Waals surface area contributed by atoms with Crippen molar-refractivity contribution in [3.8, 4) is 5.75 Å². The number of esters is 1. The smallest absolute Gasteiger partial charge is 0.356 e. The van der Waals surface area contributed by atoms with Gasteiger partial charge in [-0.25, -0.2) is 9.78 Å². The minimum absolute atomic E-state index is 0.0506. The van der Waals surface area contributed by atoms with Crippen molar-refractivity contribution >= 4 is 5.97 Å². The first kappa shape index (κ1) is 14.3. The van der Waals surface area contributed by atoms with E-state index in [1.807, 2.05) is 22.8 Å². The van der Waals surface area contributed by atoms with Crippen molar-refractivity contribution in [2.24, 2.45) is 0 Å². The maximum absolute atomic E-state index is 12.0. The third kappa shape index (κ3) is 2.31. The Bertz CT molecular complexity index is 731. The van der Waals surface area contributed by atoms with Gasteiger partial charge in [0, 0.05) is 12.0 Å². The Morgan fingerprint density at radius 3 is 2.91 bits per heavy atom. The second kappa shape index (κ2) is 5.41. The van der Waals surface area contributed by atoms with Crippen molar-refractivity contribution in [2.75, 3.05) is 7.11 Å². The Labute approximate surface area is 135 Å². The average molecular weight is 312 g/mol. The number of hydrogen-bond donors (Lipinski definition) is 0. The van der Waals surface area contributed by atoms with Crippen LogP contribution in [0.5, 0.6) is 5.75 Å². The van der Waals surface area contributed by atoms with Crippen molar-refractivity contribution in [3.05, 3.63) is 48.0 Å². The molecule has 2 heterocycles. The third-order valence-electron chi connectivity index (χ3n) is 5.08. The van der Waals surface area contributed by atoms with Gasteiger partial charge in [0.2, 0.25) is 0 Å². The molecule has 0 radical (unpaired) electrons. The molecule has 2 aromatic rings. The molecule has 1 atom stereocenters. The van der Waals surface area contributed by atoms with Crippen LogP contribution in [0.3, 0.4) is 0 Å². The van der Waals surface area contributed by atoms with Crippen LogP contribution in [-0.4, -0.2) is 28.2 Å². The Morgan fingerprint density at radius 1 is 1.35 bits per heavy atom. The highest BCUT2D eigenvalue weighted by molar-refractivity contribution is 5.87. The zero-order valence-corrected chi connectivity index (χ0v) is 13.2. The summed E-state index contributed by atoms with van der Waals surface area (Å²) >= 11 is 0. The molecule has 1 unspecified atom stereocenters. The van der Waals surface area contributed by atoms with E-state index in [1.54, 1.807) is 12.5 Å². The molecule has 120 valence electrons. The molecule has 5 nitrogen and oxygen atoms in total. The van der Waals surface area contributed by atoms with Gasteiger partial charge in [-0.1, -0.05) is 18.2 Å². The maximum Gasteiger partial charge on any atom is 0.356 e. The number of carbonyl (C=O) groups is 1. The van der Waals surface area contributed by atoms with Gasteiger partial charge in [-0.15, -0.1) is 0 Å². The van der Waals surface area contributed by atoms with E-state index in [4.69, 9.17) is 9.47 Å². The van der Waals surface area contributed by atoms with E-state index in [1.165, 1.54) is 20.0 Å². The molecule has 0 amide bonds. The van der Waals surface area contributed by atoms with Gasteiger partial charge in [-0.3, -0.25) is 0 Å². The summed E-state index contributed by atoms with van der Waals surface area (Å²) in [5.41, 5.74) is 1.48. The molecule has 23 heavy (non-hydrogen) atoms. The normalized spacial score (nSPS) is 21.7. The van der Waals surface area contributed by atoms with Crippen LogP contribution in [0.15, 0.2) is 36.8 Å². The topological polar surface area (TPSA) is 53.3 Å². The predicted octanol–water partition coefficient (Wildman–Crippen LogP) is 3.35. The molecular weight excluding hydrogens is 292 g/mol. The van der Waals surface area contributed by atoms with Crippen molar-refractivity contribution < 1.29 is 14.3 Å². The van der Waals surface area contributed by atoms with Crippen molar-refractivity contribution in [1.29, 1.82) is 0 Å². The summed E-state index contributed by atoms with van der Waals surface area (Å²) in [6.07, 6.45) is 8.70. The van der Waals surface area contributed by atoms with Gasteiger partial charge in [-0.05, 0) is 31.7 Å². The number of aromatic nitrogens is 2. The second-order valence-electron chi connectivity index (χ2n) is 6.43. The molecule has 1 saturated carbocycles. The zero-order valence-electron chi connectivity index (χ0n) is 13.2. The number of fused-ring (bicyclic) bond motifs is 1. The van der Waals surface area contributed by atoms with Crippen molar-refractivity contribution in [2.45, 2.75) is 43.7 Å². The van der Waals surface area contributed by atoms with Crippen LogP contribution in [0.2, 0.25) is 0 Å². The number of carbonyl (C=O) groups excluding carboxylic acids is 1. The lowest BCUT2D eigenvalue weighted by Gasteiger charge is -2.40. The van der Waals surface area contributed by atoms with E-state index >= 15 is 0 Å². The molecule has 1 fully saturated rings. The first-order valence-electron chi connectivity index (χ1n) is 8.10. The van der Waals surface area contributed by atoms with Gasteiger partial charge in [0.05, 0.1) is 25.7 Å². The molecule has 1 aliphatic heterocycles. The minimum Gasteiger partial charge on any atom is -0.487 e. The Hall–Kier alpha value is -2.30. The van der Waals surface area contributed by atoms with E-state index in [-0.39, 0.29) is 17.6 Å². The fourth-order valence-corrected chi connectivity index (χ4v) is 3.98. The summed E-state index contributed by atoms with van der Waals surface area (Å²) in [7, 11) is 1.40. The van der Waals surface area contributed by atoms with Crippen LogP contribution >= 0.6 is 0 Å². The lowest BCUT2D eigenvalue weighted by atomic mass is 9.85. The van der Waals surface area contributed by atoms with Crippen LogP contribution in [0.4, 0.5) is 0 Å². The average Bonchev–Trinajstić information content (AvgIpc) is 3.23. The number of hydrogen-bond acceptors (Lipinski definition) is 4. The maximum atomic E-state index is 12.0. The molecule has 0 saturated heterocycles. The molecule has 1 aromatic carbocycles. The van der Waals surface area contributed by atoms with E-state index in [0.29, 0.717) is 5.69 Å². The Morgan fingerprint density at radius 2 is 2.13 bits per heavy atom. The summed E-state index contributed by atoms with van der Waals surface area (Å²) in [6.45, 7) is 0. The number of rotatable bonds is 2. The highest BCUT2D eigenvalue weighted by Gasteiger charge is 2.44. The second-order valence-corrected chi connectivity index (χ2v) is 6.43. The lowest BCUT2D eigenvalue weighted by Crippen LogP contribution is -2.40. The molecule has 4 rings (SSSR count). The summed E-state index contributed by atoms with van der Waals surface area (Å²) in [6, 6.07) is 8.16. The molecule has 1 spiro atoms. The summed E-state index contributed by atoms with van der Waals surface area (Å²) in [5, 5.41) is 0. The molecule has 5 heteroatoms. The summed E-state index contributed by atoms with van der Waals surface area (Å²) in [4.78, 5) is 16.2. The van der Waals surface area contributed by atoms with Crippen LogP contribution in [0.1, 0.15) is 54.2 Å². The number of benzene rings is 1. The first-order chi connectivity index (χ1) is 11.2. The molecule has 1 aromatic heterocycles. The van der Waals surface area contributed by atoms with Crippen LogP contribution in [0.25, 0.3) is 0 Å². The van der Waals surface area contributed by atoms with Gasteiger partial charge in [-0.2, -0.15) is 0 Å². The number of ether oxygens (including phenoxy) is 2. The highest BCUT2D eigenvalue weighted by atomic mass is 16.5. The van der Waals surface area contributed by atoms with E-state index < -0.39 is 0 Å². The monoisotopic (exact) mass is 312 g/mol. The standard InChI is InChI=1S/C18H20N2O3/c1-22-17(21)15-11-19-12-20(15)14-10-18(8-4-5-9-18)23-16-7-3-2-6-13(14)16/h2-3,6-7,11-12,14H,4-5,8-10H2,1H3. The van der Waals surface area contributed by atoms with Crippen LogP contribution in [-0.2, 0) is 4.74 Å². The van der Waals surface area contributed by atoms with E-state index in [9.17, 15) is 4.79 Å². The van der Waals surface area contributed by atoms with Gasteiger partial charge in [0.15, 0.2) is 0 Å². The summed E-state index contributed by atoms with van der Waals surface area (Å²) < 4.78 is 13.2. The predicted molar refractivity (Wildman–Crippen MR) is 84.6 cm³/mol. The molecule has 0 bridgehead atoms. The van der Waals surface area contributed by atoms with Crippen LogP contribution < -0.4 is 4.74 Å². The van der Waals surface area contributed by atoms with Gasteiger partial charge in [0.1, 0.15) is 17.0 Å². The van der Waals surface area contributed by atoms with Gasteiger partial charge >= 0.3 is 5.97 Å². The van der Waals surface area contributed by atoms with Gasteiger partial charge in [0.25, 0.3) is 0 Å². The molecule has 0 N–H and O–H groups in total. The fraction of sp³-hybridized carbons (Fsp3) is 0.444. The number of nitrogens with zero attached hydrogens (tertiary/aromatic N) is 2. The van der Waals surface area contributed by atoms with E-state index in [2.05, 4.69) is 11.1 Å². The first-order valence-corrected chi connectivity index (χ1v) is 8.10. The quantitative estimate of drug-likeness (QED) is 0.798. The SMILES string of the molecule is COC(=O)c1cncn1C1CC2(CCCC2)Oc2ccccc21. The number of methoxy groups -OCH3 is 1. The molecular formula is C18H20N2O3. The van der Waals surface area contributed by atoms with Crippen LogP contribution in [0, 0.1) is 0 Å². The number of para-hydroxylation sites is 1. The largest absolute Gasteiger partial charge is 0.487 e. The number of imidazole rings is 1. The molecule has 1 aliphatic carbocycles. The highest BCUT2D eigenvalue weighted by Crippen LogP contribution is 2.48. The Balaban J connectivity index is 1.81. The Kier molecular flexibility index (Phi) is 3.36. The minimum atomic E-state index is -0.355. The molecule has 2 aliphatic rings. The summed E-state index contributed by atoms with van der Waals surface area (Å²) in [5.74, 6) is 0.571. The van der Waals surface area contributed by atoms with E-state index in [0.717, 1.165) is 30.6 Å². The van der Waals surface area contributed by atoms with Crippen molar-refractivity contribution in [1.82, 2.24) is 9.55 Å².